The van der Waals surface area contributed by atoms with E-state index in [2.05, 4.69) is 4.90 Å². The van der Waals surface area contributed by atoms with Gasteiger partial charge in [-0.1, -0.05) is 6.92 Å². The highest BCUT2D eigenvalue weighted by Gasteiger charge is 2.25. The van der Waals surface area contributed by atoms with Gasteiger partial charge in [0.05, 0.1) is 24.7 Å². The Morgan fingerprint density at radius 3 is 2.87 bits per heavy atom. The molecular weight excluding hydrogens is 194 g/mol. The zero-order chi connectivity index (χ0) is 11.4. The second-order valence-electron chi connectivity index (χ2n) is 4.33. The lowest BCUT2D eigenvalue weighted by Gasteiger charge is -2.37. The molecule has 1 heterocycles. The standard InChI is InChI=1S/C10H21N3O2/c1-7(10(11)12)3-13-4-8(2)15-9(5-13)6-14/h7-9,14H,3-6H2,1-2H3,(H3,11,12). The third-order valence-corrected chi connectivity index (χ3v) is 2.67. The Morgan fingerprint density at radius 1 is 1.67 bits per heavy atom. The summed E-state index contributed by atoms with van der Waals surface area (Å²) in [6, 6.07) is 0. The molecule has 3 unspecified atom stereocenters. The summed E-state index contributed by atoms with van der Waals surface area (Å²) in [5, 5.41) is 16.4. The summed E-state index contributed by atoms with van der Waals surface area (Å²) >= 11 is 0. The molecule has 0 bridgehead atoms. The van der Waals surface area contributed by atoms with E-state index in [9.17, 15) is 0 Å². The van der Waals surface area contributed by atoms with Crippen LogP contribution in [0.4, 0.5) is 0 Å². The molecule has 1 saturated heterocycles. The first-order valence-electron chi connectivity index (χ1n) is 5.35. The second-order valence-corrected chi connectivity index (χ2v) is 4.33. The summed E-state index contributed by atoms with van der Waals surface area (Å²) in [7, 11) is 0. The molecule has 0 aromatic heterocycles. The number of nitrogens with two attached hydrogens (primary N) is 1. The molecule has 0 aromatic rings. The van der Waals surface area contributed by atoms with Crippen LogP contribution in [-0.4, -0.2) is 54.3 Å². The van der Waals surface area contributed by atoms with Crippen molar-refractivity contribution in [2.45, 2.75) is 26.1 Å². The highest BCUT2D eigenvalue weighted by atomic mass is 16.5. The monoisotopic (exact) mass is 215 g/mol. The minimum atomic E-state index is -0.104. The molecule has 0 aliphatic carbocycles. The summed E-state index contributed by atoms with van der Waals surface area (Å²) < 4.78 is 5.53. The molecule has 15 heavy (non-hydrogen) atoms. The maximum Gasteiger partial charge on any atom is 0.0947 e. The fraction of sp³-hybridized carbons (Fsp3) is 0.900. The van der Waals surface area contributed by atoms with Crippen LogP contribution >= 0.6 is 0 Å². The third-order valence-electron chi connectivity index (χ3n) is 2.67. The topological polar surface area (TPSA) is 82.6 Å². The Bertz CT molecular complexity index is 223. The summed E-state index contributed by atoms with van der Waals surface area (Å²) in [6.07, 6.45) is 0.0305. The van der Waals surface area contributed by atoms with E-state index in [4.69, 9.17) is 21.0 Å². The number of morpholine rings is 1. The van der Waals surface area contributed by atoms with E-state index in [1.165, 1.54) is 0 Å². The first-order valence-corrected chi connectivity index (χ1v) is 5.35. The van der Waals surface area contributed by atoms with Crippen LogP contribution in [0.1, 0.15) is 13.8 Å². The zero-order valence-corrected chi connectivity index (χ0v) is 9.44. The van der Waals surface area contributed by atoms with Crippen LogP contribution in [0.25, 0.3) is 0 Å². The summed E-state index contributed by atoms with van der Waals surface area (Å²) in [5.41, 5.74) is 5.43. The first kappa shape index (κ1) is 12.4. The highest BCUT2D eigenvalue weighted by molar-refractivity contribution is 5.79. The van der Waals surface area contributed by atoms with Crippen molar-refractivity contribution >= 4 is 5.84 Å². The van der Waals surface area contributed by atoms with Gasteiger partial charge in [-0.15, -0.1) is 0 Å². The maximum atomic E-state index is 9.05. The molecule has 1 fully saturated rings. The second kappa shape index (κ2) is 5.44. The minimum absolute atomic E-state index is 0.0509. The van der Waals surface area contributed by atoms with Crippen molar-refractivity contribution in [3.63, 3.8) is 0 Å². The van der Waals surface area contributed by atoms with Crippen LogP contribution in [0.3, 0.4) is 0 Å². The van der Waals surface area contributed by atoms with Gasteiger partial charge in [-0.25, -0.2) is 0 Å². The third kappa shape index (κ3) is 3.77. The summed E-state index contributed by atoms with van der Waals surface area (Å²) in [5.74, 6) is 0.282. The van der Waals surface area contributed by atoms with Gasteiger partial charge in [-0.05, 0) is 6.92 Å². The van der Waals surface area contributed by atoms with E-state index in [-0.39, 0.29) is 30.6 Å². The molecule has 0 amide bonds. The first-order chi connectivity index (χ1) is 7.02. The van der Waals surface area contributed by atoms with Crippen molar-refractivity contribution in [1.29, 1.82) is 5.41 Å². The van der Waals surface area contributed by atoms with Gasteiger partial charge >= 0.3 is 0 Å². The Balaban J connectivity index is 2.44. The van der Waals surface area contributed by atoms with Crippen molar-refractivity contribution in [2.24, 2.45) is 11.7 Å². The van der Waals surface area contributed by atoms with Crippen molar-refractivity contribution in [3.8, 4) is 0 Å². The molecule has 1 aliphatic heterocycles. The van der Waals surface area contributed by atoms with Crippen LogP contribution in [0.15, 0.2) is 0 Å². The van der Waals surface area contributed by atoms with E-state index in [1.54, 1.807) is 0 Å². The SMILES string of the molecule is CC1CN(CC(C)C(=N)N)CC(CO)O1. The minimum Gasteiger partial charge on any atom is -0.394 e. The number of ether oxygens (including phenoxy) is 1. The van der Waals surface area contributed by atoms with Gasteiger partial charge < -0.3 is 15.6 Å². The van der Waals surface area contributed by atoms with Crippen molar-refractivity contribution in [2.75, 3.05) is 26.2 Å². The van der Waals surface area contributed by atoms with Crippen molar-refractivity contribution < 1.29 is 9.84 Å². The molecular formula is C10H21N3O2. The lowest BCUT2D eigenvalue weighted by molar-refractivity contribution is -0.0961. The number of nitrogens with zero attached hydrogens (tertiary/aromatic N) is 1. The maximum absolute atomic E-state index is 9.05. The predicted octanol–water partition coefficient (Wildman–Crippen LogP) is -0.360. The fourth-order valence-corrected chi connectivity index (χ4v) is 1.88. The van der Waals surface area contributed by atoms with Gasteiger partial charge in [-0.3, -0.25) is 10.3 Å². The van der Waals surface area contributed by atoms with Crippen LogP contribution < -0.4 is 5.73 Å². The highest BCUT2D eigenvalue weighted by Crippen LogP contribution is 2.12. The lowest BCUT2D eigenvalue weighted by Crippen LogP contribution is -2.50. The van der Waals surface area contributed by atoms with Gasteiger partial charge in [-0.2, -0.15) is 0 Å². The average Bonchev–Trinajstić information content (AvgIpc) is 2.16. The van der Waals surface area contributed by atoms with Gasteiger partial charge in [0.1, 0.15) is 0 Å². The smallest absolute Gasteiger partial charge is 0.0947 e. The molecule has 0 saturated carbocycles. The van der Waals surface area contributed by atoms with E-state index in [1.807, 2.05) is 13.8 Å². The van der Waals surface area contributed by atoms with Gasteiger partial charge in [0.25, 0.3) is 0 Å². The Kier molecular flexibility index (Phi) is 4.50. The van der Waals surface area contributed by atoms with Gasteiger partial charge in [0.15, 0.2) is 0 Å². The molecule has 0 radical (unpaired) electrons. The molecule has 5 heteroatoms. The quantitative estimate of drug-likeness (QED) is 0.442. The van der Waals surface area contributed by atoms with Crippen molar-refractivity contribution in [1.82, 2.24) is 4.90 Å². The average molecular weight is 215 g/mol. The summed E-state index contributed by atoms with van der Waals surface area (Å²) in [6.45, 7) is 6.31. The molecule has 0 spiro atoms. The Labute approximate surface area is 90.7 Å². The Morgan fingerprint density at radius 2 is 2.33 bits per heavy atom. The van der Waals surface area contributed by atoms with Gasteiger partial charge in [0.2, 0.25) is 0 Å². The molecule has 1 aliphatic rings. The lowest BCUT2D eigenvalue weighted by atomic mass is 10.1. The summed E-state index contributed by atoms with van der Waals surface area (Å²) in [4.78, 5) is 2.20. The number of nitrogens with one attached hydrogen (secondary N) is 1. The van der Waals surface area contributed by atoms with Crippen molar-refractivity contribution in [3.05, 3.63) is 0 Å². The largest absolute Gasteiger partial charge is 0.394 e. The predicted molar refractivity (Wildman–Crippen MR) is 58.9 cm³/mol. The fourth-order valence-electron chi connectivity index (χ4n) is 1.88. The van der Waals surface area contributed by atoms with E-state index < -0.39 is 0 Å². The van der Waals surface area contributed by atoms with Gasteiger partial charge in [0, 0.05) is 25.6 Å². The number of amidine groups is 1. The molecule has 0 aromatic carbocycles. The van der Waals surface area contributed by atoms with E-state index in [0.29, 0.717) is 0 Å². The number of hydrogen-bond donors (Lipinski definition) is 3. The Hall–Kier alpha value is -0.650. The van der Waals surface area contributed by atoms with E-state index in [0.717, 1.165) is 19.6 Å². The molecule has 4 N–H and O–H groups in total. The zero-order valence-electron chi connectivity index (χ0n) is 9.44. The molecule has 1 rings (SSSR count). The molecule has 5 nitrogen and oxygen atoms in total. The molecule has 3 atom stereocenters. The van der Waals surface area contributed by atoms with Crippen LogP contribution in [0.2, 0.25) is 0 Å². The number of rotatable bonds is 4. The number of hydrogen-bond acceptors (Lipinski definition) is 4. The number of aliphatic hydroxyl groups excluding tert-OH is 1. The van der Waals surface area contributed by atoms with Crippen LogP contribution in [0, 0.1) is 11.3 Å². The normalized spacial score (nSPS) is 30.1. The van der Waals surface area contributed by atoms with E-state index >= 15 is 0 Å². The molecule has 88 valence electrons. The van der Waals surface area contributed by atoms with Crippen LogP contribution in [0.5, 0.6) is 0 Å². The number of aliphatic hydroxyl groups is 1. The van der Waals surface area contributed by atoms with Crippen LogP contribution in [-0.2, 0) is 4.74 Å².